The van der Waals surface area contributed by atoms with E-state index in [0.717, 1.165) is 11.8 Å². The van der Waals surface area contributed by atoms with Crippen molar-refractivity contribution in [2.75, 3.05) is 10.2 Å². The molecule has 0 radical (unpaired) electrons. The molecule has 1 fully saturated rings. The van der Waals surface area contributed by atoms with Gasteiger partial charge in [-0.25, -0.2) is 19.3 Å². The van der Waals surface area contributed by atoms with Crippen LogP contribution >= 0.6 is 0 Å². The third kappa shape index (κ3) is 7.25. The number of para-hydroxylation sites is 2. The predicted octanol–water partition coefficient (Wildman–Crippen LogP) is 3.89. The molecule has 0 spiro atoms. The minimum Gasteiger partial charge on any atom is -0.481 e. The Morgan fingerprint density at radius 3 is 1.91 bits per heavy atom. The highest BCUT2D eigenvalue weighted by molar-refractivity contribution is 6.24. The molecule has 5 rings (SSSR count). The summed E-state index contributed by atoms with van der Waals surface area (Å²) in [6.45, 7) is 2.06. The van der Waals surface area contributed by atoms with Crippen LogP contribution in [0.2, 0.25) is 0 Å². The molecule has 6 N–H and O–H groups in total. The summed E-state index contributed by atoms with van der Waals surface area (Å²) in [6.07, 6.45) is -0.954. The summed E-state index contributed by atoms with van der Waals surface area (Å²) in [7, 11) is 0. The monoisotopic (exact) mass is 734 g/mol. The van der Waals surface area contributed by atoms with E-state index in [1.165, 1.54) is 43.3 Å². The van der Waals surface area contributed by atoms with Crippen LogP contribution < -0.4 is 21.3 Å². The smallest absolute Gasteiger partial charge is 0.360 e. The average Bonchev–Trinajstić information content (AvgIpc) is 3.34. The second kappa shape index (κ2) is 15.8. The molecule has 0 aromatic heterocycles. The molecule has 1 aliphatic heterocycles. The maximum absolute atomic E-state index is 15.0. The summed E-state index contributed by atoms with van der Waals surface area (Å²) in [6, 6.07) is 27.0. The zero-order chi connectivity index (χ0) is 39.2. The number of nitrogens with two attached hydrogens (primary N) is 1. The Morgan fingerprint density at radius 2 is 1.37 bits per heavy atom. The summed E-state index contributed by atoms with van der Waals surface area (Å²) < 4.78 is 0. The Bertz CT molecular complexity index is 2050. The number of Topliss-reactive ketones (excluding diaryl/α,β-unsaturated/α-hetero) is 1. The number of hydrogen-bond donors (Lipinski definition) is 5. The predicted molar refractivity (Wildman–Crippen MR) is 196 cm³/mol. The molecule has 6 amide bonds. The van der Waals surface area contributed by atoms with E-state index in [1.54, 1.807) is 72.8 Å². The van der Waals surface area contributed by atoms with E-state index < -0.39 is 65.3 Å². The minimum atomic E-state index is -3.36. The highest BCUT2D eigenvalue weighted by Crippen LogP contribution is 2.44. The second-order valence-electron chi connectivity index (χ2n) is 12.7. The lowest BCUT2D eigenvalue weighted by Crippen LogP contribution is -2.74. The van der Waals surface area contributed by atoms with E-state index in [0.29, 0.717) is 21.7 Å². The molecule has 278 valence electrons. The second-order valence-corrected chi connectivity index (χ2v) is 12.7. The van der Waals surface area contributed by atoms with Crippen LogP contribution in [-0.4, -0.2) is 73.3 Å². The lowest BCUT2D eigenvalue weighted by Gasteiger charge is -2.43. The first-order chi connectivity index (χ1) is 25.7. The number of nitrogens with one attached hydrogen (secondary N) is 2. The number of aliphatic carboxylic acids is 2. The SMILES string of the molecule is CC(=O)[C@](C(=O)O)(N1C(=O)N(Cc2ccccc2)C(C)(c2ccc(CNC(=O)Nc3ccccc3)cc2)C1=O)N(C(=O)[C@@H](N)CC(=O)O)c1ccccc1. The molecular formula is C39H38N6O9. The summed E-state index contributed by atoms with van der Waals surface area (Å²) in [5.74, 6) is -7.35. The number of hydrogen-bond acceptors (Lipinski definition) is 8. The Balaban J connectivity index is 1.61. The zero-order valence-electron chi connectivity index (χ0n) is 29.3. The highest BCUT2D eigenvalue weighted by Gasteiger charge is 2.69. The maximum atomic E-state index is 15.0. The van der Waals surface area contributed by atoms with Crippen LogP contribution in [0.5, 0.6) is 0 Å². The summed E-state index contributed by atoms with van der Waals surface area (Å²) in [5, 5.41) is 25.9. The lowest BCUT2D eigenvalue weighted by atomic mass is 9.88. The van der Waals surface area contributed by atoms with E-state index in [4.69, 9.17) is 5.73 Å². The highest BCUT2D eigenvalue weighted by atomic mass is 16.4. The average molecular weight is 735 g/mol. The first-order valence-corrected chi connectivity index (χ1v) is 16.7. The van der Waals surface area contributed by atoms with Crippen LogP contribution in [0.25, 0.3) is 0 Å². The minimum absolute atomic E-state index is 0.0829. The molecule has 0 bridgehead atoms. The lowest BCUT2D eigenvalue weighted by molar-refractivity contribution is -0.162. The van der Waals surface area contributed by atoms with Gasteiger partial charge < -0.3 is 31.5 Å². The van der Waals surface area contributed by atoms with Crippen LogP contribution in [0.1, 0.15) is 37.0 Å². The van der Waals surface area contributed by atoms with Gasteiger partial charge in [0.2, 0.25) is 5.91 Å². The van der Waals surface area contributed by atoms with Crippen molar-refractivity contribution in [3.8, 4) is 0 Å². The van der Waals surface area contributed by atoms with Gasteiger partial charge in [-0.3, -0.25) is 24.1 Å². The number of anilines is 2. The first-order valence-electron chi connectivity index (χ1n) is 16.7. The fraction of sp³-hybridized carbons (Fsp3) is 0.205. The Hall–Kier alpha value is -6.87. The van der Waals surface area contributed by atoms with Crippen LogP contribution in [0.15, 0.2) is 115 Å². The number of carbonyl (C=O) groups is 7. The van der Waals surface area contributed by atoms with Gasteiger partial charge in [-0.1, -0.05) is 91.0 Å². The summed E-state index contributed by atoms with van der Waals surface area (Å²) >= 11 is 0. The van der Waals surface area contributed by atoms with Crippen LogP contribution in [0, 0.1) is 0 Å². The zero-order valence-corrected chi connectivity index (χ0v) is 29.3. The molecule has 3 atom stereocenters. The van der Waals surface area contributed by atoms with Crippen molar-refractivity contribution >= 4 is 53.0 Å². The Morgan fingerprint density at radius 1 is 0.815 bits per heavy atom. The number of carbonyl (C=O) groups excluding carboxylic acids is 5. The van der Waals surface area contributed by atoms with Gasteiger partial charge >= 0.3 is 24.0 Å². The van der Waals surface area contributed by atoms with Crippen molar-refractivity contribution in [3.63, 3.8) is 0 Å². The van der Waals surface area contributed by atoms with Gasteiger partial charge in [0.1, 0.15) is 5.54 Å². The number of carboxylic acids is 2. The number of ketones is 1. The van der Waals surface area contributed by atoms with Crippen molar-refractivity contribution < 1.29 is 43.8 Å². The largest absolute Gasteiger partial charge is 0.481 e. The molecular weight excluding hydrogens is 696 g/mol. The van der Waals surface area contributed by atoms with Crippen molar-refractivity contribution in [2.24, 2.45) is 5.73 Å². The molecule has 1 unspecified atom stereocenters. The number of imide groups is 1. The van der Waals surface area contributed by atoms with Gasteiger partial charge in [0.05, 0.1) is 12.5 Å². The van der Waals surface area contributed by atoms with Crippen LogP contribution in [0.3, 0.4) is 0 Å². The van der Waals surface area contributed by atoms with Gasteiger partial charge in [0.15, 0.2) is 5.78 Å². The number of carboxylic acid groups (broad SMARTS) is 2. The summed E-state index contributed by atoms with van der Waals surface area (Å²) in [4.78, 5) is 97.3. The van der Waals surface area contributed by atoms with E-state index in [1.807, 2.05) is 6.07 Å². The molecule has 0 saturated carbocycles. The van der Waals surface area contributed by atoms with Crippen LogP contribution in [-0.2, 0) is 42.6 Å². The molecule has 15 nitrogen and oxygen atoms in total. The first kappa shape index (κ1) is 38.4. The topological polar surface area (TPSA) is 220 Å². The molecule has 1 heterocycles. The van der Waals surface area contributed by atoms with E-state index in [-0.39, 0.29) is 29.2 Å². The number of urea groups is 2. The fourth-order valence-corrected chi connectivity index (χ4v) is 6.36. The number of amides is 6. The number of nitrogens with zero attached hydrogens (tertiary/aromatic N) is 3. The van der Waals surface area contributed by atoms with Gasteiger partial charge in [-0.15, -0.1) is 0 Å². The van der Waals surface area contributed by atoms with Crippen molar-refractivity contribution in [1.82, 2.24) is 15.1 Å². The normalized spacial score (nSPS) is 16.9. The van der Waals surface area contributed by atoms with Crippen molar-refractivity contribution in [3.05, 3.63) is 132 Å². The van der Waals surface area contributed by atoms with Gasteiger partial charge in [-0.05, 0) is 54.8 Å². The Kier molecular flexibility index (Phi) is 11.2. The maximum Gasteiger partial charge on any atom is 0.360 e. The molecule has 4 aromatic carbocycles. The third-order valence-electron chi connectivity index (χ3n) is 9.15. The number of rotatable bonds is 14. The molecule has 1 aliphatic rings. The molecule has 4 aromatic rings. The van der Waals surface area contributed by atoms with Gasteiger partial charge in [0.25, 0.3) is 11.6 Å². The Labute approximate surface area is 310 Å². The van der Waals surface area contributed by atoms with Crippen molar-refractivity contribution in [1.29, 1.82) is 0 Å². The van der Waals surface area contributed by atoms with Gasteiger partial charge in [0, 0.05) is 24.5 Å². The third-order valence-corrected chi connectivity index (χ3v) is 9.15. The number of benzene rings is 4. The quantitative estimate of drug-likeness (QED) is 0.0929. The van der Waals surface area contributed by atoms with E-state index in [2.05, 4.69) is 10.6 Å². The fourth-order valence-electron chi connectivity index (χ4n) is 6.36. The summed E-state index contributed by atoms with van der Waals surface area (Å²) in [5.41, 5.74) is 2.41. The molecule has 54 heavy (non-hydrogen) atoms. The van der Waals surface area contributed by atoms with E-state index in [9.17, 15) is 43.8 Å². The van der Waals surface area contributed by atoms with Crippen LogP contribution in [0.4, 0.5) is 21.0 Å². The molecule has 15 heteroatoms. The standard InChI is InChI=1S/C39H38N6O9/c1-25(46)39(35(51)52,44(30-16-10-5-11-17-30)33(49)31(40)22-32(47)48)45-34(50)38(2,43(37(45)54)24-27-12-6-3-7-13-27)28-20-18-26(19-21-28)23-41-36(53)42-29-14-8-4-9-15-29/h3-21,31H,22-24,40H2,1-2H3,(H,47,48)(H,51,52)(H2,41,42,53)/t31-,38?,39+/m0/s1. The molecule has 0 aliphatic carbocycles. The van der Waals surface area contributed by atoms with Gasteiger partial charge in [-0.2, -0.15) is 0 Å². The van der Waals surface area contributed by atoms with Crippen molar-refractivity contribution in [2.45, 2.75) is 50.6 Å². The molecule has 1 saturated heterocycles. The van der Waals surface area contributed by atoms with E-state index >= 15 is 0 Å².